The first-order valence-corrected chi connectivity index (χ1v) is 9.89. The van der Waals surface area contributed by atoms with E-state index in [-0.39, 0.29) is 34.3 Å². The molecule has 0 amide bonds. The Labute approximate surface area is 144 Å². The van der Waals surface area contributed by atoms with E-state index in [1.165, 1.54) is 0 Å². The van der Waals surface area contributed by atoms with Crippen molar-refractivity contribution in [1.82, 2.24) is 0 Å². The molecular formula is C19H31ClO3. The summed E-state index contributed by atoms with van der Waals surface area (Å²) >= 11 is 6.43. The van der Waals surface area contributed by atoms with Gasteiger partial charge in [0.15, 0.2) is 0 Å². The van der Waals surface area contributed by atoms with Crippen molar-refractivity contribution < 1.29 is 15.3 Å². The number of fused-ring (bicyclic) bond motifs is 5. The first-order valence-electron chi connectivity index (χ1n) is 9.45. The zero-order valence-electron chi connectivity index (χ0n) is 14.3. The molecule has 0 aromatic heterocycles. The lowest BCUT2D eigenvalue weighted by molar-refractivity contribution is -0.176. The van der Waals surface area contributed by atoms with Gasteiger partial charge in [0.2, 0.25) is 0 Å². The lowest BCUT2D eigenvalue weighted by Crippen LogP contribution is -2.58. The molecule has 0 radical (unpaired) electrons. The van der Waals surface area contributed by atoms with Crippen LogP contribution in [0.15, 0.2) is 0 Å². The van der Waals surface area contributed by atoms with Crippen LogP contribution in [0.4, 0.5) is 0 Å². The molecule has 4 heteroatoms. The minimum absolute atomic E-state index is 0.133. The van der Waals surface area contributed by atoms with Crippen LogP contribution >= 0.6 is 11.6 Å². The highest BCUT2D eigenvalue weighted by atomic mass is 35.5. The Morgan fingerprint density at radius 3 is 2.30 bits per heavy atom. The van der Waals surface area contributed by atoms with E-state index in [1.54, 1.807) is 0 Å². The first kappa shape index (κ1) is 16.6. The molecule has 23 heavy (non-hydrogen) atoms. The third-order valence-electron chi connectivity index (χ3n) is 8.59. The normalized spacial score (nSPS) is 62.3. The van der Waals surface area contributed by atoms with E-state index in [2.05, 4.69) is 13.8 Å². The van der Waals surface area contributed by atoms with E-state index in [0.29, 0.717) is 17.8 Å². The lowest BCUT2D eigenvalue weighted by atomic mass is 9.44. The summed E-state index contributed by atoms with van der Waals surface area (Å²) in [4.78, 5) is 0. The van der Waals surface area contributed by atoms with E-state index in [0.717, 1.165) is 44.9 Å². The van der Waals surface area contributed by atoms with Gasteiger partial charge < -0.3 is 15.3 Å². The van der Waals surface area contributed by atoms with Crippen molar-refractivity contribution in [1.29, 1.82) is 0 Å². The molecule has 4 aliphatic carbocycles. The second-order valence-corrected chi connectivity index (χ2v) is 10.0. The van der Waals surface area contributed by atoms with Gasteiger partial charge in [-0.3, -0.25) is 0 Å². The maximum absolute atomic E-state index is 11.0. The monoisotopic (exact) mass is 342 g/mol. The Kier molecular flexibility index (Phi) is 3.85. The van der Waals surface area contributed by atoms with Crippen LogP contribution in [0.5, 0.6) is 0 Å². The minimum Gasteiger partial charge on any atom is -0.393 e. The number of aliphatic hydroxyl groups is 3. The molecule has 0 saturated heterocycles. The van der Waals surface area contributed by atoms with Crippen LogP contribution < -0.4 is 0 Å². The molecule has 10 atom stereocenters. The first-order chi connectivity index (χ1) is 10.8. The third kappa shape index (κ3) is 2.19. The number of rotatable bonds is 0. The summed E-state index contributed by atoms with van der Waals surface area (Å²) in [6.07, 6.45) is 5.62. The second-order valence-electron chi connectivity index (χ2n) is 9.47. The molecule has 0 aromatic rings. The zero-order chi connectivity index (χ0) is 16.6. The topological polar surface area (TPSA) is 60.7 Å². The quantitative estimate of drug-likeness (QED) is 0.593. The van der Waals surface area contributed by atoms with Crippen LogP contribution in [0.3, 0.4) is 0 Å². The van der Waals surface area contributed by atoms with E-state index in [4.69, 9.17) is 11.6 Å². The fourth-order valence-electron chi connectivity index (χ4n) is 7.15. The molecule has 0 unspecified atom stereocenters. The smallest absolute Gasteiger partial charge is 0.0760 e. The molecule has 4 aliphatic rings. The summed E-state index contributed by atoms with van der Waals surface area (Å²) < 4.78 is 0. The Bertz CT molecular complexity index is 485. The van der Waals surface area contributed by atoms with E-state index in [1.807, 2.05) is 0 Å². The highest BCUT2D eigenvalue weighted by Crippen LogP contribution is 2.66. The van der Waals surface area contributed by atoms with Gasteiger partial charge in [-0.1, -0.05) is 13.8 Å². The molecule has 0 spiro atoms. The predicted molar refractivity (Wildman–Crippen MR) is 90.2 cm³/mol. The van der Waals surface area contributed by atoms with Crippen molar-refractivity contribution in [2.75, 3.05) is 0 Å². The summed E-state index contributed by atoms with van der Waals surface area (Å²) in [6, 6.07) is 0. The van der Waals surface area contributed by atoms with Gasteiger partial charge >= 0.3 is 0 Å². The van der Waals surface area contributed by atoms with Gasteiger partial charge in [0.25, 0.3) is 0 Å². The van der Waals surface area contributed by atoms with Gasteiger partial charge in [0.05, 0.1) is 23.7 Å². The van der Waals surface area contributed by atoms with Crippen LogP contribution in [0.2, 0.25) is 0 Å². The standard InChI is InChI=1S/C19H31ClO3/c1-18-5-3-11(21)7-10(18)8-15(22)16-12(18)4-6-19(2)13(16)9-14(20)17(19)23/h10-17,21-23H,3-9H2,1-2H3/t10-,11+,12+,13+,14-,15+,16-,17+,18+,19+/m1/s1. The summed E-state index contributed by atoms with van der Waals surface area (Å²) in [5.41, 5.74) is 0.103. The Balaban J connectivity index is 1.68. The van der Waals surface area contributed by atoms with Crippen molar-refractivity contribution in [3.63, 3.8) is 0 Å². The van der Waals surface area contributed by atoms with Crippen molar-refractivity contribution in [3.05, 3.63) is 0 Å². The van der Waals surface area contributed by atoms with E-state index >= 15 is 0 Å². The van der Waals surface area contributed by atoms with Gasteiger partial charge in [-0.05, 0) is 79.4 Å². The second kappa shape index (κ2) is 5.33. The van der Waals surface area contributed by atoms with Gasteiger partial charge in [-0.15, -0.1) is 11.6 Å². The average Bonchev–Trinajstić information content (AvgIpc) is 2.73. The Morgan fingerprint density at radius 2 is 1.57 bits per heavy atom. The number of halogens is 1. The molecule has 0 heterocycles. The summed E-state index contributed by atoms with van der Waals surface area (Å²) in [7, 11) is 0. The van der Waals surface area contributed by atoms with Crippen molar-refractivity contribution in [2.24, 2.45) is 34.5 Å². The van der Waals surface area contributed by atoms with E-state index in [9.17, 15) is 15.3 Å². The van der Waals surface area contributed by atoms with Gasteiger partial charge in [-0.2, -0.15) is 0 Å². The van der Waals surface area contributed by atoms with Crippen LogP contribution in [-0.2, 0) is 0 Å². The fourth-order valence-corrected chi connectivity index (χ4v) is 7.63. The largest absolute Gasteiger partial charge is 0.393 e. The third-order valence-corrected chi connectivity index (χ3v) is 9.01. The molecule has 4 fully saturated rings. The Hall–Kier alpha value is 0.170. The highest BCUT2D eigenvalue weighted by Gasteiger charge is 2.64. The molecule has 0 aromatic carbocycles. The highest BCUT2D eigenvalue weighted by molar-refractivity contribution is 6.21. The number of alkyl halides is 1. The maximum atomic E-state index is 11.0. The maximum Gasteiger partial charge on any atom is 0.0760 e. The zero-order valence-corrected chi connectivity index (χ0v) is 15.0. The van der Waals surface area contributed by atoms with Gasteiger partial charge in [0, 0.05) is 0 Å². The van der Waals surface area contributed by atoms with E-state index < -0.39 is 6.10 Å². The Morgan fingerprint density at radius 1 is 0.870 bits per heavy atom. The van der Waals surface area contributed by atoms with Crippen LogP contribution in [0.25, 0.3) is 0 Å². The molecular weight excluding hydrogens is 312 g/mol. The predicted octanol–water partition coefficient (Wildman–Crippen LogP) is 2.94. The molecule has 3 N–H and O–H groups in total. The fraction of sp³-hybridized carbons (Fsp3) is 1.00. The molecule has 4 rings (SSSR count). The molecule has 0 aliphatic heterocycles. The van der Waals surface area contributed by atoms with Crippen LogP contribution in [-0.4, -0.2) is 39.0 Å². The number of hydrogen-bond acceptors (Lipinski definition) is 3. The van der Waals surface area contributed by atoms with Crippen molar-refractivity contribution >= 4 is 11.6 Å². The van der Waals surface area contributed by atoms with Gasteiger partial charge in [0.1, 0.15) is 0 Å². The molecule has 4 saturated carbocycles. The average molecular weight is 343 g/mol. The minimum atomic E-state index is -0.443. The van der Waals surface area contributed by atoms with Crippen LogP contribution in [0, 0.1) is 34.5 Å². The van der Waals surface area contributed by atoms with Crippen molar-refractivity contribution in [2.45, 2.75) is 82.5 Å². The SMILES string of the molecule is C[C@]12CC[C@H](O)C[C@@H]1C[C@H](O)[C@@H]1[C@@H]2CC[C@]2(C)[C@@H](O)[C@H](Cl)C[C@@H]12. The summed E-state index contributed by atoms with van der Waals surface area (Å²) in [5, 5.41) is 31.5. The van der Waals surface area contributed by atoms with Crippen LogP contribution in [0.1, 0.15) is 58.8 Å². The van der Waals surface area contributed by atoms with Gasteiger partial charge in [-0.25, -0.2) is 0 Å². The summed E-state index contributed by atoms with van der Waals surface area (Å²) in [5.74, 6) is 1.54. The number of aliphatic hydroxyl groups excluding tert-OH is 3. The molecule has 3 nitrogen and oxygen atoms in total. The van der Waals surface area contributed by atoms with Crippen molar-refractivity contribution in [3.8, 4) is 0 Å². The molecule has 132 valence electrons. The number of hydrogen-bond donors (Lipinski definition) is 3. The summed E-state index contributed by atoms with van der Waals surface area (Å²) in [6.45, 7) is 4.59. The molecule has 0 bridgehead atoms. The lowest BCUT2D eigenvalue weighted by Gasteiger charge is -2.61.